The van der Waals surface area contributed by atoms with Crippen LogP contribution in [0.3, 0.4) is 0 Å². The van der Waals surface area contributed by atoms with E-state index in [0.29, 0.717) is 12.5 Å². The van der Waals surface area contributed by atoms with Crippen molar-refractivity contribution in [3.8, 4) is 5.75 Å². The highest BCUT2D eigenvalue weighted by Gasteiger charge is 2.12. The fourth-order valence-corrected chi connectivity index (χ4v) is 1.54. The maximum atomic E-state index is 11.5. The number of amides is 1. The molecule has 2 atom stereocenters. The Hall–Kier alpha value is -1.55. The molecule has 3 N–H and O–H groups in total. The van der Waals surface area contributed by atoms with Crippen LogP contribution in [0.5, 0.6) is 5.75 Å². The van der Waals surface area contributed by atoms with E-state index in [9.17, 15) is 4.79 Å². The molecule has 0 fully saturated rings. The van der Waals surface area contributed by atoms with Gasteiger partial charge in [-0.25, -0.2) is 0 Å². The first-order valence-corrected chi connectivity index (χ1v) is 6.69. The molecular weight excluding hydrogens is 240 g/mol. The van der Waals surface area contributed by atoms with Gasteiger partial charge in [0.1, 0.15) is 5.75 Å². The van der Waals surface area contributed by atoms with Gasteiger partial charge in [0.05, 0.1) is 18.7 Å². The van der Waals surface area contributed by atoms with Gasteiger partial charge in [-0.15, -0.1) is 0 Å². The third-order valence-corrected chi connectivity index (χ3v) is 2.74. The van der Waals surface area contributed by atoms with Gasteiger partial charge in [0, 0.05) is 0 Å². The van der Waals surface area contributed by atoms with Crippen LogP contribution in [0.4, 0.5) is 0 Å². The lowest BCUT2D eigenvalue weighted by atomic mass is 10.1. The molecule has 19 heavy (non-hydrogen) atoms. The molecule has 106 valence electrons. The zero-order valence-electron chi connectivity index (χ0n) is 12.1. The van der Waals surface area contributed by atoms with E-state index in [1.165, 1.54) is 0 Å². The Balaban J connectivity index is 2.57. The van der Waals surface area contributed by atoms with Crippen LogP contribution in [0.2, 0.25) is 0 Å². The molecule has 0 saturated heterocycles. The number of benzene rings is 1. The van der Waals surface area contributed by atoms with Gasteiger partial charge in [-0.3, -0.25) is 4.79 Å². The second-order valence-electron chi connectivity index (χ2n) is 5.29. The van der Waals surface area contributed by atoms with Crippen molar-refractivity contribution in [2.45, 2.75) is 39.8 Å². The molecule has 0 aliphatic heterocycles. The molecule has 0 bridgehead atoms. The molecule has 4 nitrogen and oxygen atoms in total. The Morgan fingerprint density at radius 3 is 2.26 bits per heavy atom. The lowest BCUT2D eigenvalue weighted by Gasteiger charge is -2.16. The summed E-state index contributed by atoms with van der Waals surface area (Å²) < 4.78 is 5.61. The summed E-state index contributed by atoms with van der Waals surface area (Å²) >= 11 is 0. The van der Waals surface area contributed by atoms with Crippen molar-refractivity contribution >= 4 is 5.91 Å². The highest BCUT2D eigenvalue weighted by Crippen LogP contribution is 2.18. The molecule has 0 aliphatic rings. The molecular formula is C15H24N2O2. The van der Waals surface area contributed by atoms with Gasteiger partial charge in [-0.1, -0.05) is 26.0 Å². The number of rotatable bonds is 6. The second-order valence-corrected chi connectivity index (χ2v) is 5.29. The van der Waals surface area contributed by atoms with Crippen LogP contribution in [0.25, 0.3) is 0 Å². The predicted octanol–water partition coefficient (Wildman–Crippen LogP) is 2.25. The number of nitrogens with one attached hydrogen (secondary N) is 1. The van der Waals surface area contributed by atoms with Gasteiger partial charge in [-0.05, 0) is 37.5 Å². The summed E-state index contributed by atoms with van der Waals surface area (Å²) in [5, 5.41) is 2.86. The average molecular weight is 264 g/mol. The maximum absolute atomic E-state index is 11.5. The fraction of sp³-hybridized carbons (Fsp3) is 0.533. The summed E-state index contributed by atoms with van der Waals surface area (Å²) in [4.78, 5) is 11.5. The number of carbonyl (C=O) groups is 1. The molecule has 0 radical (unpaired) electrons. The van der Waals surface area contributed by atoms with Crippen molar-refractivity contribution in [3.05, 3.63) is 29.8 Å². The van der Waals surface area contributed by atoms with Crippen LogP contribution in [-0.4, -0.2) is 18.6 Å². The lowest BCUT2D eigenvalue weighted by molar-refractivity contribution is -0.122. The molecule has 0 heterocycles. The normalized spacial score (nSPS) is 14.0. The van der Waals surface area contributed by atoms with Crippen LogP contribution < -0.4 is 15.8 Å². The Morgan fingerprint density at radius 2 is 1.79 bits per heavy atom. The Labute approximate surface area is 115 Å². The molecule has 1 aromatic rings. The summed E-state index contributed by atoms with van der Waals surface area (Å²) in [6.45, 7) is 8.53. The van der Waals surface area contributed by atoms with Gasteiger partial charge in [-0.2, -0.15) is 0 Å². The first-order chi connectivity index (χ1) is 8.90. The van der Waals surface area contributed by atoms with E-state index in [1.54, 1.807) is 6.92 Å². The summed E-state index contributed by atoms with van der Waals surface area (Å²) in [6, 6.07) is 7.22. The third-order valence-electron chi connectivity index (χ3n) is 2.74. The SMILES string of the molecule is CC(C)COc1ccc(C(C)NC(=O)[C@H](C)N)cc1. The van der Waals surface area contributed by atoms with E-state index in [-0.39, 0.29) is 11.9 Å². The van der Waals surface area contributed by atoms with Gasteiger partial charge in [0.15, 0.2) is 0 Å². The smallest absolute Gasteiger partial charge is 0.237 e. The molecule has 0 saturated carbocycles. The highest BCUT2D eigenvalue weighted by molar-refractivity contribution is 5.81. The van der Waals surface area contributed by atoms with E-state index >= 15 is 0 Å². The van der Waals surface area contributed by atoms with Crippen LogP contribution in [0.15, 0.2) is 24.3 Å². The van der Waals surface area contributed by atoms with Crippen molar-refractivity contribution < 1.29 is 9.53 Å². The van der Waals surface area contributed by atoms with E-state index in [0.717, 1.165) is 11.3 Å². The van der Waals surface area contributed by atoms with Crippen LogP contribution in [0.1, 0.15) is 39.3 Å². The van der Waals surface area contributed by atoms with Crippen molar-refractivity contribution in [2.24, 2.45) is 11.7 Å². The topological polar surface area (TPSA) is 64.3 Å². The Bertz CT molecular complexity index is 399. The van der Waals surface area contributed by atoms with Gasteiger partial charge in [0.25, 0.3) is 0 Å². The predicted molar refractivity (Wildman–Crippen MR) is 77.0 cm³/mol. The van der Waals surface area contributed by atoms with E-state index in [4.69, 9.17) is 10.5 Å². The van der Waals surface area contributed by atoms with Crippen molar-refractivity contribution in [1.82, 2.24) is 5.32 Å². The van der Waals surface area contributed by atoms with Crippen molar-refractivity contribution in [2.75, 3.05) is 6.61 Å². The van der Waals surface area contributed by atoms with Crippen LogP contribution in [-0.2, 0) is 4.79 Å². The Morgan fingerprint density at radius 1 is 1.21 bits per heavy atom. The molecule has 1 amide bonds. The quantitative estimate of drug-likeness (QED) is 0.828. The summed E-state index contributed by atoms with van der Waals surface area (Å²) in [5.41, 5.74) is 6.56. The number of hydrogen-bond acceptors (Lipinski definition) is 3. The molecule has 0 aliphatic carbocycles. The number of nitrogens with two attached hydrogens (primary N) is 1. The number of carbonyl (C=O) groups excluding carboxylic acids is 1. The Kier molecular flexibility index (Phi) is 5.83. The van der Waals surface area contributed by atoms with Crippen molar-refractivity contribution in [1.29, 1.82) is 0 Å². The average Bonchev–Trinajstić information content (AvgIpc) is 2.36. The zero-order chi connectivity index (χ0) is 14.4. The van der Waals surface area contributed by atoms with E-state index < -0.39 is 6.04 Å². The summed E-state index contributed by atoms with van der Waals surface area (Å²) in [7, 11) is 0. The van der Waals surface area contributed by atoms with Crippen molar-refractivity contribution in [3.63, 3.8) is 0 Å². The molecule has 1 rings (SSSR count). The third kappa shape index (κ3) is 5.30. The minimum atomic E-state index is -0.490. The standard InChI is InChI=1S/C15H24N2O2/c1-10(2)9-19-14-7-5-13(6-8-14)12(4)17-15(18)11(3)16/h5-8,10-12H,9,16H2,1-4H3,(H,17,18)/t11-,12?/m0/s1. The van der Waals surface area contributed by atoms with Gasteiger partial charge >= 0.3 is 0 Å². The van der Waals surface area contributed by atoms with Gasteiger partial charge in [0.2, 0.25) is 5.91 Å². The van der Waals surface area contributed by atoms with E-state index in [2.05, 4.69) is 19.2 Å². The molecule has 0 aromatic heterocycles. The number of hydrogen-bond donors (Lipinski definition) is 2. The largest absolute Gasteiger partial charge is 0.493 e. The summed E-state index contributed by atoms with van der Waals surface area (Å²) in [6.07, 6.45) is 0. The van der Waals surface area contributed by atoms with Crippen LogP contribution in [0, 0.1) is 5.92 Å². The zero-order valence-corrected chi connectivity index (χ0v) is 12.1. The van der Waals surface area contributed by atoms with E-state index in [1.807, 2.05) is 31.2 Å². The fourth-order valence-electron chi connectivity index (χ4n) is 1.54. The molecule has 1 aromatic carbocycles. The van der Waals surface area contributed by atoms with Gasteiger partial charge < -0.3 is 15.8 Å². The minimum absolute atomic E-state index is 0.0577. The molecule has 1 unspecified atom stereocenters. The first kappa shape index (κ1) is 15.5. The van der Waals surface area contributed by atoms with Crippen LogP contribution >= 0.6 is 0 Å². The second kappa shape index (κ2) is 7.14. The minimum Gasteiger partial charge on any atom is -0.493 e. The lowest BCUT2D eigenvalue weighted by Crippen LogP contribution is -2.39. The monoisotopic (exact) mass is 264 g/mol. The maximum Gasteiger partial charge on any atom is 0.237 e. The highest BCUT2D eigenvalue weighted by atomic mass is 16.5. The summed E-state index contributed by atoms with van der Waals surface area (Å²) in [5.74, 6) is 1.21. The molecule has 4 heteroatoms. The molecule has 0 spiro atoms. The number of ether oxygens (including phenoxy) is 1. The first-order valence-electron chi connectivity index (χ1n) is 6.69.